The normalized spacial score (nSPS) is 27.3. The van der Waals surface area contributed by atoms with Gasteiger partial charge in [0.2, 0.25) is 17.7 Å². The van der Waals surface area contributed by atoms with E-state index >= 15 is 0 Å². The molecular weight excluding hydrogens is 364 g/mol. The van der Waals surface area contributed by atoms with Crippen LogP contribution < -0.4 is 4.74 Å². The van der Waals surface area contributed by atoms with E-state index in [0.29, 0.717) is 18.8 Å². The number of nitrogens with zero attached hydrogens (tertiary/aromatic N) is 4. The highest BCUT2D eigenvalue weighted by Crippen LogP contribution is 2.27. The molecule has 7 nitrogen and oxygen atoms in total. The molecule has 2 amide bonds. The lowest BCUT2D eigenvalue weighted by atomic mass is 9.91. The van der Waals surface area contributed by atoms with E-state index in [1.54, 1.807) is 10.4 Å². The number of hydrogen-bond acceptors (Lipinski definition) is 6. The van der Waals surface area contributed by atoms with Crippen molar-refractivity contribution in [2.24, 2.45) is 0 Å². The zero-order chi connectivity index (χ0) is 18.8. The number of aromatic nitrogens is 1. The lowest BCUT2D eigenvalue weighted by Crippen LogP contribution is -2.48. The van der Waals surface area contributed by atoms with Crippen LogP contribution in [0.25, 0.3) is 0 Å². The van der Waals surface area contributed by atoms with Gasteiger partial charge in [0.15, 0.2) is 0 Å². The molecule has 1 aromatic heterocycles. The molecule has 3 aliphatic rings. The van der Waals surface area contributed by atoms with E-state index in [2.05, 4.69) is 9.88 Å². The lowest BCUT2D eigenvalue weighted by molar-refractivity contribution is -0.142. The molecule has 1 aliphatic carbocycles. The Labute approximate surface area is 164 Å². The summed E-state index contributed by atoms with van der Waals surface area (Å²) in [4.78, 5) is 35.7. The van der Waals surface area contributed by atoms with Crippen molar-refractivity contribution in [3.63, 3.8) is 0 Å². The van der Waals surface area contributed by atoms with Gasteiger partial charge < -0.3 is 14.5 Å². The molecule has 1 aromatic rings. The van der Waals surface area contributed by atoms with Gasteiger partial charge in [-0.15, -0.1) is 11.3 Å². The number of likely N-dealkylation sites (tertiary alicyclic amines) is 1. The van der Waals surface area contributed by atoms with Crippen LogP contribution in [-0.4, -0.2) is 82.4 Å². The summed E-state index contributed by atoms with van der Waals surface area (Å²) in [6.45, 7) is 5.54. The monoisotopic (exact) mass is 392 g/mol. The van der Waals surface area contributed by atoms with Crippen LogP contribution in [0.3, 0.4) is 0 Å². The van der Waals surface area contributed by atoms with E-state index in [-0.39, 0.29) is 17.9 Å². The first-order valence-corrected chi connectivity index (χ1v) is 10.9. The summed E-state index contributed by atoms with van der Waals surface area (Å²) in [5, 5.41) is 1.84. The van der Waals surface area contributed by atoms with E-state index in [0.717, 1.165) is 38.6 Å². The number of amides is 2. The second kappa shape index (κ2) is 8.14. The molecule has 148 valence electrons. The molecule has 2 saturated heterocycles. The molecule has 4 rings (SSSR count). The molecule has 0 spiro atoms. The summed E-state index contributed by atoms with van der Waals surface area (Å²) in [5.74, 6) is 0.584. The molecule has 27 heavy (non-hydrogen) atoms. The molecule has 0 unspecified atom stereocenters. The summed E-state index contributed by atoms with van der Waals surface area (Å²) >= 11 is 1.47. The van der Waals surface area contributed by atoms with Crippen molar-refractivity contribution in [3.8, 4) is 5.88 Å². The summed E-state index contributed by atoms with van der Waals surface area (Å²) < 4.78 is 5.89. The predicted molar refractivity (Wildman–Crippen MR) is 103 cm³/mol. The first-order valence-electron chi connectivity index (χ1n) is 9.96. The van der Waals surface area contributed by atoms with Crippen LogP contribution in [0, 0.1) is 0 Å². The molecule has 2 aliphatic heterocycles. The Bertz CT molecular complexity index is 664. The van der Waals surface area contributed by atoms with Crippen molar-refractivity contribution in [2.45, 2.75) is 57.2 Å². The Morgan fingerprint density at radius 1 is 1.19 bits per heavy atom. The number of rotatable bonds is 4. The standard InChI is InChI=1S/C19H28N4O3S/c1-14(24)23-11-16(26-18-12-27-13-20-18)10-17(23)19(25)22-7-3-6-21(8-9-22)15-4-2-5-15/h12-13,15-17H,2-11H2,1H3/t16-,17+/m0/s1. The number of carbonyl (C=O) groups is 2. The number of carbonyl (C=O) groups excluding carboxylic acids is 2. The summed E-state index contributed by atoms with van der Waals surface area (Å²) in [6, 6.07) is 0.303. The third kappa shape index (κ3) is 4.11. The van der Waals surface area contributed by atoms with E-state index in [4.69, 9.17) is 4.74 Å². The van der Waals surface area contributed by atoms with Crippen LogP contribution in [0.4, 0.5) is 0 Å². The van der Waals surface area contributed by atoms with Gasteiger partial charge in [-0.05, 0) is 19.3 Å². The van der Waals surface area contributed by atoms with Gasteiger partial charge >= 0.3 is 0 Å². The Kier molecular flexibility index (Phi) is 5.63. The zero-order valence-corrected chi connectivity index (χ0v) is 16.7. The van der Waals surface area contributed by atoms with Crippen molar-refractivity contribution in [1.82, 2.24) is 19.7 Å². The second-order valence-electron chi connectivity index (χ2n) is 7.79. The number of hydrogen-bond donors (Lipinski definition) is 0. The van der Waals surface area contributed by atoms with Gasteiger partial charge in [0, 0.05) is 45.6 Å². The minimum absolute atomic E-state index is 0.0661. The van der Waals surface area contributed by atoms with Crippen molar-refractivity contribution in [2.75, 3.05) is 32.7 Å². The fraction of sp³-hybridized carbons (Fsp3) is 0.737. The highest BCUT2D eigenvalue weighted by Gasteiger charge is 2.42. The number of ether oxygens (including phenoxy) is 1. The Balaban J connectivity index is 1.39. The fourth-order valence-electron chi connectivity index (χ4n) is 4.38. The molecule has 8 heteroatoms. The quantitative estimate of drug-likeness (QED) is 0.779. The Morgan fingerprint density at radius 3 is 2.70 bits per heavy atom. The zero-order valence-electron chi connectivity index (χ0n) is 15.9. The van der Waals surface area contributed by atoms with Crippen molar-refractivity contribution in [3.05, 3.63) is 10.9 Å². The highest BCUT2D eigenvalue weighted by atomic mass is 32.1. The molecule has 1 saturated carbocycles. The number of thiazole rings is 1. The molecule has 0 aromatic carbocycles. The maximum absolute atomic E-state index is 13.2. The summed E-state index contributed by atoms with van der Waals surface area (Å²) in [5.41, 5.74) is 1.72. The smallest absolute Gasteiger partial charge is 0.245 e. The topological polar surface area (TPSA) is 66.0 Å². The minimum Gasteiger partial charge on any atom is -0.472 e. The van der Waals surface area contributed by atoms with Crippen LogP contribution in [0.2, 0.25) is 0 Å². The third-order valence-corrected chi connectivity index (χ3v) is 6.65. The van der Waals surface area contributed by atoms with E-state index in [1.165, 1.54) is 37.5 Å². The largest absolute Gasteiger partial charge is 0.472 e. The Hall–Kier alpha value is -1.67. The SMILES string of the molecule is CC(=O)N1C[C@@H](Oc2cscn2)C[C@@H]1C(=O)N1CCCN(C2CCC2)CC1. The van der Waals surface area contributed by atoms with Crippen molar-refractivity contribution in [1.29, 1.82) is 0 Å². The van der Waals surface area contributed by atoms with Gasteiger partial charge in [-0.25, -0.2) is 4.98 Å². The molecule has 0 N–H and O–H groups in total. The molecule has 2 atom stereocenters. The first kappa shape index (κ1) is 18.7. The molecular formula is C19H28N4O3S. The van der Waals surface area contributed by atoms with Crippen LogP contribution in [0.15, 0.2) is 10.9 Å². The van der Waals surface area contributed by atoms with Crippen molar-refractivity contribution < 1.29 is 14.3 Å². The molecule has 0 radical (unpaired) electrons. The van der Waals surface area contributed by atoms with Crippen molar-refractivity contribution >= 4 is 23.2 Å². The Morgan fingerprint density at radius 2 is 2.04 bits per heavy atom. The van der Waals surface area contributed by atoms with E-state index in [1.807, 2.05) is 10.3 Å². The van der Waals surface area contributed by atoms with Gasteiger partial charge in [-0.3, -0.25) is 14.5 Å². The predicted octanol–water partition coefficient (Wildman–Crippen LogP) is 1.60. The van der Waals surface area contributed by atoms with Gasteiger partial charge in [-0.1, -0.05) is 6.42 Å². The van der Waals surface area contributed by atoms with E-state index < -0.39 is 6.04 Å². The maximum Gasteiger partial charge on any atom is 0.245 e. The average molecular weight is 393 g/mol. The average Bonchev–Trinajstić information content (AvgIpc) is 3.19. The maximum atomic E-state index is 13.2. The fourth-order valence-corrected chi connectivity index (χ4v) is 4.84. The highest BCUT2D eigenvalue weighted by molar-refractivity contribution is 7.07. The van der Waals surface area contributed by atoms with E-state index in [9.17, 15) is 9.59 Å². The van der Waals surface area contributed by atoms with Crippen LogP contribution in [0.5, 0.6) is 5.88 Å². The third-order valence-electron chi connectivity index (χ3n) is 6.08. The van der Waals surface area contributed by atoms with Gasteiger partial charge in [0.25, 0.3) is 0 Å². The second-order valence-corrected chi connectivity index (χ2v) is 8.51. The van der Waals surface area contributed by atoms with Crippen LogP contribution in [0.1, 0.15) is 39.0 Å². The van der Waals surface area contributed by atoms with Crippen LogP contribution >= 0.6 is 11.3 Å². The summed E-state index contributed by atoms with van der Waals surface area (Å²) in [7, 11) is 0. The van der Waals surface area contributed by atoms with Crippen LogP contribution in [-0.2, 0) is 9.59 Å². The van der Waals surface area contributed by atoms with Gasteiger partial charge in [0.05, 0.1) is 17.4 Å². The summed E-state index contributed by atoms with van der Waals surface area (Å²) in [6.07, 6.45) is 5.30. The lowest BCUT2D eigenvalue weighted by Gasteiger charge is -2.36. The van der Waals surface area contributed by atoms with Gasteiger partial charge in [-0.2, -0.15) is 0 Å². The molecule has 0 bridgehead atoms. The molecule has 3 fully saturated rings. The van der Waals surface area contributed by atoms with Gasteiger partial charge in [0.1, 0.15) is 12.1 Å². The minimum atomic E-state index is -0.415. The molecule has 3 heterocycles. The first-order chi connectivity index (χ1) is 13.1.